The molecule has 1 amide bonds. The number of aromatic amines is 1. The lowest BCUT2D eigenvalue weighted by Gasteiger charge is -2.16. The second-order valence-electron chi connectivity index (χ2n) is 8.13. The number of para-hydroxylation sites is 1. The van der Waals surface area contributed by atoms with E-state index in [1.165, 1.54) is 0 Å². The lowest BCUT2D eigenvalue weighted by Crippen LogP contribution is -2.37. The molecule has 0 aliphatic carbocycles. The molecule has 3 N–H and O–H groups in total. The van der Waals surface area contributed by atoms with Gasteiger partial charge in [-0.1, -0.05) is 44.2 Å². The van der Waals surface area contributed by atoms with Gasteiger partial charge in [-0.25, -0.2) is 8.42 Å². The van der Waals surface area contributed by atoms with Gasteiger partial charge in [-0.15, -0.1) is 0 Å². The summed E-state index contributed by atoms with van der Waals surface area (Å²) in [6.07, 6.45) is 3.18. The van der Waals surface area contributed by atoms with Crippen LogP contribution in [0, 0.1) is 5.92 Å². The van der Waals surface area contributed by atoms with Crippen molar-refractivity contribution in [3.63, 3.8) is 0 Å². The van der Waals surface area contributed by atoms with E-state index in [0.717, 1.165) is 16.5 Å². The van der Waals surface area contributed by atoms with E-state index in [-0.39, 0.29) is 22.6 Å². The molecule has 0 bridgehead atoms. The summed E-state index contributed by atoms with van der Waals surface area (Å²) in [5, 5.41) is 4.12. The normalized spacial score (nSPS) is 16.9. The zero-order valence-electron chi connectivity index (χ0n) is 17.6. The monoisotopic (exact) mass is 438 g/mol. The molecule has 8 heteroatoms. The van der Waals surface area contributed by atoms with E-state index in [2.05, 4.69) is 26.1 Å². The highest BCUT2D eigenvalue weighted by Gasteiger charge is 2.32. The van der Waals surface area contributed by atoms with Gasteiger partial charge in [-0.05, 0) is 42.5 Å². The summed E-state index contributed by atoms with van der Waals surface area (Å²) in [7, 11) is -3.64. The molecule has 7 nitrogen and oxygen atoms in total. The van der Waals surface area contributed by atoms with Crippen LogP contribution in [0.4, 0.5) is 0 Å². The van der Waals surface area contributed by atoms with Gasteiger partial charge < -0.3 is 10.3 Å². The number of amidine groups is 1. The van der Waals surface area contributed by atoms with E-state index in [0.29, 0.717) is 24.9 Å². The molecule has 162 valence electrons. The first-order valence-electron chi connectivity index (χ1n) is 10.4. The predicted octanol–water partition coefficient (Wildman–Crippen LogP) is 2.98. The van der Waals surface area contributed by atoms with Crippen molar-refractivity contribution < 1.29 is 13.2 Å². The van der Waals surface area contributed by atoms with Crippen LogP contribution in [0.2, 0.25) is 0 Å². The minimum absolute atomic E-state index is 0.191. The molecule has 31 heavy (non-hydrogen) atoms. The Labute approximate surface area is 182 Å². The number of fused-ring (bicyclic) bond motifs is 2. The average molecular weight is 439 g/mol. The van der Waals surface area contributed by atoms with E-state index in [9.17, 15) is 13.2 Å². The van der Waals surface area contributed by atoms with Crippen LogP contribution in [0.1, 0.15) is 31.4 Å². The summed E-state index contributed by atoms with van der Waals surface area (Å²) >= 11 is 0. The number of carbonyl (C=O) groups is 1. The maximum Gasteiger partial charge on any atom is 0.263 e. The minimum Gasteiger partial charge on any atom is -0.361 e. The molecule has 1 unspecified atom stereocenters. The van der Waals surface area contributed by atoms with Gasteiger partial charge in [0.25, 0.3) is 10.0 Å². The Morgan fingerprint density at radius 3 is 2.65 bits per heavy atom. The van der Waals surface area contributed by atoms with Gasteiger partial charge in [0, 0.05) is 29.2 Å². The zero-order chi connectivity index (χ0) is 22.0. The maximum absolute atomic E-state index is 12.9. The average Bonchev–Trinajstić information content (AvgIpc) is 3.26. The highest BCUT2D eigenvalue weighted by Crippen LogP contribution is 2.23. The largest absolute Gasteiger partial charge is 0.361 e. The van der Waals surface area contributed by atoms with Crippen molar-refractivity contribution >= 4 is 32.7 Å². The Bertz CT molecular complexity index is 1240. The third-order valence-corrected chi connectivity index (χ3v) is 6.71. The second-order valence-corrected chi connectivity index (χ2v) is 9.78. The number of benzene rings is 2. The summed E-state index contributed by atoms with van der Waals surface area (Å²) in [6.45, 7) is 4.50. The highest BCUT2D eigenvalue weighted by atomic mass is 32.2. The van der Waals surface area contributed by atoms with Gasteiger partial charge in [0.15, 0.2) is 0 Å². The number of amides is 1. The van der Waals surface area contributed by atoms with Crippen molar-refractivity contribution in [2.24, 2.45) is 10.9 Å². The standard InChI is InChI=1S/C23H26N4O3S/c1-15(2)13-20(26-22-18-8-4-6-10-21(18)31(29,30)27-22)23(28)24-12-11-16-14-25-19-9-5-3-7-17(16)19/h3-10,14-15,20,25H,11-13H2,1-2H3,(H,24,28)(H,26,27). The van der Waals surface area contributed by atoms with Crippen molar-refractivity contribution in [1.29, 1.82) is 0 Å². The SMILES string of the molecule is CC(C)CC(N=C1NS(=O)(=O)c2ccccc21)C(=O)NCCc1c[nH]c2ccccc12. The Hall–Kier alpha value is -3.13. The fourth-order valence-electron chi connectivity index (χ4n) is 3.83. The molecule has 1 aliphatic rings. The van der Waals surface area contributed by atoms with Gasteiger partial charge in [-0.3, -0.25) is 14.5 Å². The molecule has 0 spiro atoms. The quantitative estimate of drug-likeness (QED) is 0.528. The summed E-state index contributed by atoms with van der Waals surface area (Å²) in [4.78, 5) is 20.9. The van der Waals surface area contributed by atoms with E-state index >= 15 is 0 Å². The van der Waals surface area contributed by atoms with Crippen LogP contribution >= 0.6 is 0 Å². The van der Waals surface area contributed by atoms with Crippen LogP contribution in [0.5, 0.6) is 0 Å². The molecular weight excluding hydrogens is 412 g/mol. The molecule has 3 aromatic rings. The van der Waals surface area contributed by atoms with E-state index in [1.54, 1.807) is 24.3 Å². The first kappa shape index (κ1) is 21.1. The van der Waals surface area contributed by atoms with E-state index in [1.807, 2.05) is 38.2 Å². The molecule has 1 atom stereocenters. The third kappa shape index (κ3) is 4.49. The van der Waals surface area contributed by atoms with Crippen molar-refractivity contribution in [2.75, 3.05) is 6.54 Å². The molecule has 4 rings (SSSR count). The van der Waals surface area contributed by atoms with Crippen molar-refractivity contribution in [3.05, 3.63) is 65.9 Å². The first-order valence-corrected chi connectivity index (χ1v) is 11.9. The molecule has 0 saturated carbocycles. The van der Waals surface area contributed by atoms with Crippen LogP contribution in [0.3, 0.4) is 0 Å². The molecule has 1 aromatic heterocycles. The molecule has 0 saturated heterocycles. The van der Waals surface area contributed by atoms with E-state index in [4.69, 9.17) is 0 Å². The van der Waals surface area contributed by atoms with Crippen LogP contribution < -0.4 is 10.0 Å². The summed E-state index contributed by atoms with van der Waals surface area (Å²) in [6, 6.07) is 14.0. The number of aliphatic imine (C=N–C) groups is 1. The van der Waals surface area contributed by atoms with Gasteiger partial charge in [0.2, 0.25) is 5.91 Å². The van der Waals surface area contributed by atoms with Crippen LogP contribution in [-0.2, 0) is 21.2 Å². The topological polar surface area (TPSA) is 103 Å². The fraction of sp³-hybridized carbons (Fsp3) is 0.304. The number of H-pyrrole nitrogens is 1. The number of rotatable bonds is 7. The summed E-state index contributed by atoms with van der Waals surface area (Å²) < 4.78 is 27.2. The number of hydrogen-bond donors (Lipinski definition) is 3. The van der Waals surface area contributed by atoms with E-state index < -0.39 is 16.1 Å². The van der Waals surface area contributed by atoms with Gasteiger partial charge >= 0.3 is 0 Å². The summed E-state index contributed by atoms with van der Waals surface area (Å²) in [5.41, 5.74) is 2.71. The number of carbonyl (C=O) groups excluding carboxylic acids is 1. The molecule has 0 radical (unpaired) electrons. The van der Waals surface area contributed by atoms with Gasteiger partial charge in [0.05, 0.1) is 4.90 Å². The predicted molar refractivity (Wildman–Crippen MR) is 122 cm³/mol. The third-order valence-electron chi connectivity index (χ3n) is 5.31. The lowest BCUT2D eigenvalue weighted by molar-refractivity contribution is -0.122. The Morgan fingerprint density at radius 2 is 1.84 bits per heavy atom. The highest BCUT2D eigenvalue weighted by molar-refractivity contribution is 7.90. The lowest BCUT2D eigenvalue weighted by atomic mass is 10.0. The Balaban J connectivity index is 1.49. The fourth-order valence-corrected chi connectivity index (χ4v) is 5.07. The number of sulfonamides is 1. The van der Waals surface area contributed by atoms with Crippen LogP contribution in [0.25, 0.3) is 10.9 Å². The van der Waals surface area contributed by atoms with Gasteiger partial charge in [-0.2, -0.15) is 0 Å². The molecule has 0 fully saturated rings. The molecule has 2 aromatic carbocycles. The summed E-state index contributed by atoms with van der Waals surface area (Å²) in [5.74, 6) is 0.250. The smallest absolute Gasteiger partial charge is 0.263 e. The molecule has 2 heterocycles. The van der Waals surface area contributed by atoms with Crippen molar-refractivity contribution in [1.82, 2.24) is 15.0 Å². The van der Waals surface area contributed by atoms with Crippen molar-refractivity contribution in [2.45, 2.75) is 37.6 Å². The molecular formula is C23H26N4O3S. The number of aromatic nitrogens is 1. The van der Waals surface area contributed by atoms with Crippen LogP contribution in [0.15, 0.2) is 64.6 Å². The zero-order valence-corrected chi connectivity index (χ0v) is 18.4. The Morgan fingerprint density at radius 1 is 1.10 bits per heavy atom. The number of nitrogens with one attached hydrogen (secondary N) is 3. The van der Waals surface area contributed by atoms with Crippen LogP contribution in [-0.4, -0.2) is 37.7 Å². The van der Waals surface area contributed by atoms with Gasteiger partial charge in [0.1, 0.15) is 11.9 Å². The second kappa shape index (κ2) is 8.55. The Kier molecular flexibility index (Phi) is 5.82. The number of hydrogen-bond acceptors (Lipinski definition) is 4. The minimum atomic E-state index is -3.64. The molecule has 1 aliphatic heterocycles. The first-order chi connectivity index (χ1) is 14.8. The van der Waals surface area contributed by atoms with Crippen molar-refractivity contribution in [3.8, 4) is 0 Å². The maximum atomic E-state index is 12.9. The number of nitrogens with zero attached hydrogens (tertiary/aromatic N) is 1.